The quantitative estimate of drug-likeness (QED) is 0.616. The number of imide groups is 1. The molecule has 2 rings (SSSR count). The first-order chi connectivity index (χ1) is 9.04. The molecule has 0 radical (unpaired) electrons. The molecular weight excluding hydrogens is 269 g/mol. The third-order valence-corrected chi connectivity index (χ3v) is 3.01. The van der Waals surface area contributed by atoms with Crippen molar-refractivity contribution < 1.29 is 14.0 Å². The van der Waals surface area contributed by atoms with Gasteiger partial charge < -0.3 is 0 Å². The van der Waals surface area contributed by atoms with Crippen LogP contribution in [-0.2, 0) is 9.59 Å². The predicted octanol–water partition coefficient (Wildman–Crippen LogP) is 3.24. The van der Waals surface area contributed by atoms with Crippen LogP contribution in [0.2, 0.25) is 5.02 Å². The lowest BCUT2D eigenvalue weighted by molar-refractivity contribution is -0.120. The van der Waals surface area contributed by atoms with Gasteiger partial charge in [-0.3, -0.25) is 9.59 Å². The van der Waals surface area contributed by atoms with Crippen molar-refractivity contribution in [3.8, 4) is 0 Å². The van der Waals surface area contributed by atoms with Gasteiger partial charge in [-0.1, -0.05) is 29.8 Å². The highest BCUT2D eigenvalue weighted by atomic mass is 35.5. The van der Waals surface area contributed by atoms with E-state index in [4.69, 9.17) is 11.6 Å². The first-order valence-corrected chi connectivity index (χ1v) is 6.06. The number of carbonyl (C=O) groups is 2. The highest BCUT2D eigenvalue weighted by Gasteiger charge is 2.34. The van der Waals surface area contributed by atoms with Gasteiger partial charge in [0.2, 0.25) is 5.91 Å². The molecule has 1 heterocycles. The molecule has 1 fully saturated rings. The predicted molar refractivity (Wildman–Crippen MR) is 71.4 cm³/mol. The maximum absolute atomic E-state index is 13.1. The topological polar surface area (TPSA) is 37.4 Å². The lowest BCUT2D eigenvalue weighted by Gasteiger charge is -2.13. The highest BCUT2D eigenvalue weighted by Crippen LogP contribution is 2.29. The number of nitrogens with zero attached hydrogens (tertiary/aromatic N) is 1. The molecule has 5 heteroatoms. The second kappa shape index (κ2) is 5.36. The molecular formula is C14H11ClFNO2. The molecule has 1 aromatic carbocycles. The van der Waals surface area contributed by atoms with E-state index < -0.39 is 11.7 Å². The SMILES string of the molecule is CC=CC=C1CC(=O)N(c2ccc(F)c(Cl)c2)C1=O. The van der Waals surface area contributed by atoms with Gasteiger partial charge in [-0.25, -0.2) is 9.29 Å². The van der Waals surface area contributed by atoms with E-state index in [0.717, 1.165) is 11.0 Å². The molecule has 98 valence electrons. The first-order valence-electron chi connectivity index (χ1n) is 5.68. The fourth-order valence-corrected chi connectivity index (χ4v) is 1.98. The number of anilines is 1. The van der Waals surface area contributed by atoms with Gasteiger partial charge in [0.1, 0.15) is 5.82 Å². The van der Waals surface area contributed by atoms with Gasteiger partial charge in [-0.05, 0) is 25.1 Å². The molecule has 0 saturated carbocycles. The van der Waals surface area contributed by atoms with E-state index in [9.17, 15) is 14.0 Å². The summed E-state index contributed by atoms with van der Waals surface area (Å²) in [5, 5.41) is -0.121. The number of halogens is 2. The fraction of sp³-hybridized carbons (Fsp3) is 0.143. The zero-order valence-corrected chi connectivity index (χ0v) is 10.9. The molecule has 1 saturated heterocycles. The van der Waals surface area contributed by atoms with E-state index in [1.807, 2.05) is 6.92 Å². The van der Waals surface area contributed by atoms with Crippen molar-refractivity contribution in [2.75, 3.05) is 4.90 Å². The second-order valence-corrected chi connectivity index (χ2v) is 4.43. The third kappa shape index (κ3) is 2.58. The minimum absolute atomic E-state index is 0.0399. The third-order valence-electron chi connectivity index (χ3n) is 2.72. The largest absolute Gasteiger partial charge is 0.274 e. The van der Waals surface area contributed by atoms with Crippen LogP contribution in [0.1, 0.15) is 13.3 Å². The number of rotatable bonds is 2. The number of hydrogen-bond acceptors (Lipinski definition) is 2. The summed E-state index contributed by atoms with van der Waals surface area (Å²) < 4.78 is 13.1. The van der Waals surface area contributed by atoms with Crippen molar-refractivity contribution in [1.82, 2.24) is 0 Å². The molecule has 2 amide bonds. The van der Waals surface area contributed by atoms with Crippen molar-refractivity contribution in [2.24, 2.45) is 0 Å². The van der Waals surface area contributed by atoms with Crippen LogP contribution in [0.5, 0.6) is 0 Å². The molecule has 0 N–H and O–H groups in total. The number of carbonyl (C=O) groups excluding carboxylic acids is 2. The maximum Gasteiger partial charge on any atom is 0.261 e. The van der Waals surface area contributed by atoms with Crippen LogP contribution in [0.3, 0.4) is 0 Å². The van der Waals surface area contributed by atoms with Gasteiger partial charge >= 0.3 is 0 Å². The van der Waals surface area contributed by atoms with E-state index >= 15 is 0 Å². The molecule has 0 aliphatic carbocycles. The van der Waals surface area contributed by atoms with Crippen LogP contribution in [0.15, 0.2) is 42.0 Å². The molecule has 3 nitrogen and oxygen atoms in total. The Bertz CT molecular complexity index is 607. The molecule has 1 aliphatic heterocycles. The maximum atomic E-state index is 13.1. The Morgan fingerprint density at radius 1 is 1.37 bits per heavy atom. The van der Waals surface area contributed by atoms with Gasteiger partial charge in [0.15, 0.2) is 0 Å². The van der Waals surface area contributed by atoms with Crippen LogP contribution >= 0.6 is 11.6 Å². The monoisotopic (exact) mass is 279 g/mol. The molecule has 0 unspecified atom stereocenters. The lowest BCUT2D eigenvalue weighted by atomic mass is 10.2. The normalized spacial score (nSPS) is 18.1. The van der Waals surface area contributed by atoms with Gasteiger partial charge in [-0.2, -0.15) is 0 Å². The fourth-order valence-electron chi connectivity index (χ4n) is 1.80. The number of benzene rings is 1. The van der Waals surface area contributed by atoms with Crippen LogP contribution in [0.25, 0.3) is 0 Å². The van der Waals surface area contributed by atoms with Crippen LogP contribution < -0.4 is 4.90 Å². The zero-order valence-electron chi connectivity index (χ0n) is 10.2. The summed E-state index contributed by atoms with van der Waals surface area (Å²) in [5.41, 5.74) is 0.689. The summed E-state index contributed by atoms with van der Waals surface area (Å²) in [5.74, 6) is -1.33. The Labute approximate surface area is 115 Å². The Kier molecular flexibility index (Phi) is 3.81. The van der Waals surface area contributed by atoms with Crippen molar-refractivity contribution >= 4 is 29.1 Å². The Balaban J connectivity index is 2.37. The van der Waals surface area contributed by atoms with Crippen molar-refractivity contribution in [1.29, 1.82) is 0 Å². The molecule has 0 spiro atoms. The standard InChI is InChI=1S/C14H11ClFNO2/c1-2-3-4-9-7-13(18)17(14(9)19)10-5-6-12(16)11(15)8-10/h2-6,8H,7H2,1H3. The van der Waals surface area contributed by atoms with Crippen molar-refractivity contribution in [3.63, 3.8) is 0 Å². The summed E-state index contributed by atoms with van der Waals surface area (Å²) in [7, 11) is 0. The molecule has 1 aromatic rings. The number of allylic oxidation sites excluding steroid dienone is 3. The number of hydrogen-bond donors (Lipinski definition) is 0. The average molecular weight is 280 g/mol. The minimum Gasteiger partial charge on any atom is -0.274 e. The lowest BCUT2D eigenvalue weighted by Crippen LogP contribution is -2.28. The zero-order chi connectivity index (χ0) is 14.0. The van der Waals surface area contributed by atoms with E-state index in [0.29, 0.717) is 5.57 Å². The molecule has 0 bridgehead atoms. The van der Waals surface area contributed by atoms with Crippen LogP contribution in [0, 0.1) is 5.82 Å². The number of amides is 2. The summed E-state index contributed by atoms with van der Waals surface area (Å²) in [4.78, 5) is 25.0. The van der Waals surface area contributed by atoms with Crippen molar-refractivity contribution in [3.05, 3.63) is 52.8 Å². The Morgan fingerprint density at radius 3 is 2.74 bits per heavy atom. The van der Waals surface area contributed by atoms with Crippen LogP contribution in [-0.4, -0.2) is 11.8 Å². The van der Waals surface area contributed by atoms with Crippen LogP contribution in [0.4, 0.5) is 10.1 Å². The van der Waals surface area contributed by atoms with Gasteiger partial charge in [0, 0.05) is 5.57 Å². The van der Waals surface area contributed by atoms with Gasteiger partial charge in [0.05, 0.1) is 17.1 Å². The first kappa shape index (κ1) is 13.5. The van der Waals surface area contributed by atoms with E-state index in [1.54, 1.807) is 18.2 Å². The smallest absolute Gasteiger partial charge is 0.261 e. The van der Waals surface area contributed by atoms with E-state index in [2.05, 4.69) is 0 Å². The molecule has 19 heavy (non-hydrogen) atoms. The summed E-state index contributed by atoms with van der Waals surface area (Å²) in [6, 6.07) is 3.76. The molecule has 0 aromatic heterocycles. The average Bonchev–Trinajstić information content (AvgIpc) is 2.65. The van der Waals surface area contributed by atoms with E-state index in [1.165, 1.54) is 12.1 Å². The van der Waals surface area contributed by atoms with Crippen molar-refractivity contribution in [2.45, 2.75) is 13.3 Å². The second-order valence-electron chi connectivity index (χ2n) is 4.03. The summed E-state index contributed by atoms with van der Waals surface area (Å²) >= 11 is 5.66. The molecule has 1 aliphatic rings. The highest BCUT2D eigenvalue weighted by molar-refractivity contribution is 6.32. The Hall–Kier alpha value is -1.94. The molecule has 0 atom stereocenters. The summed E-state index contributed by atoms with van der Waals surface area (Å²) in [6.07, 6.45) is 5.10. The minimum atomic E-state index is -0.589. The van der Waals surface area contributed by atoms with E-state index in [-0.39, 0.29) is 23.0 Å². The summed E-state index contributed by atoms with van der Waals surface area (Å²) in [6.45, 7) is 1.82. The van der Waals surface area contributed by atoms with Gasteiger partial charge in [-0.15, -0.1) is 0 Å². The van der Waals surface area contributed by atoms with Gasteiger partial charge in [0.25, 0.3) is 5.91 Å². The Morgan fingerprint density at radius 2 is 2.11 bits per heavy atom.